The minimum Gasteiger partial charge on any atom is -0.508 e. The lowest BCUT2D eigenvalue weighted by Crippen LogP contribution is -2.16. The zero-order valence-electron chi connectivity index (χ0n) is 27.1. The minimum absolute atomic E-state index is 0.183. The van der Waals surface area contributed by atoms with E-state index in [-0.39, 0.29) is 23.0 Å². The molecule has 2 aliphatic rings. The predicted octanol–water partition coefficient (Wildman–Crippen LogP) is 9.35. The number of thioether (sulfide) groups is 1. The molecule has 7 heteroatoms. The van der Waals surface area contributed by atoms with Gasteiger partial charge >= 0.3 is 0 Å². The van der Waals surface area contributed by atoms with Gasteiger partial charge < -0.3 is 25.7 Å². The standard InChI is InChI=1S/C42H40N2O4S/c45-39-7-3-1-5-31(39)14-10-30-13-23-42(48)34(25-30)28-43-35-16-21-38(22-17-35)49-37-19-11-29(12-20-37)9-15-32-26-36(18-24-41(32)47)44-27-33-6-2-4-8-40(33)46/h1-8,10-14,16-19,21,23-27,37-38,43,45-48H,9,15,20,22,28H2/b14-10+,44-27+. The van der Waals surface area contributed by atoms with Gasteiger partial charge in [-0.05, 0) is 91.4 Å². The average Bonchev–Trinajstić information content (AvgIpc) is 3.12. The Bertz CT molecular complexity index is 1830. The van der Waals surface area contributed by atoms with E-state index in [4.69, 9.17) is 0 Å². The molecule has 0 aromatic heterocycles. The fourth-order valence-electron chi connectivity index (χ4n) is 5.72. The first-order chi connectivity index (χ1) is 23.9. The summed E-state index contributed by atoms with van der Waals surface area (Å²) in [5.74, 6) is 0.934. The Morgan fingerprint density at radius 3 is 2.08 bits per heavy atom. The quantitative estimate of drug-likeness (QED) is 0.0761. The molecule has 2 unspecified atom stereocenters. The van der Waals surface area contributed by atoms with E-state index < -0.39 is 0 Å². The van der Waals surface area contributed by atoms with Crippen LogP contribution in [0.4, 0.5) is 5.69 Å². The Morgan fingerprint density at radius 1 is 0.673 bits per heavy atom. The maximum absolute atomic E-state index is 10.4. The van der Waals surface area contributed by atoms with Crippen LogP contribution in [0.25, 0.3) is 12.2 Å². The summed E-state index contributed by atoms with van der Waals surface area (Å²) in [6, 6.07) is 25.1. The molecule has 0 radical (unpaired) electrons. The van der Waals surface area contributed by atoms with Crippen molar-refractivity contribution in [2.45, 2.75) is 42.7 Å². The molecule has 2 aliphatic carbocycles. The Labute approximate surface area is 291 Å². The van der Waals surface area contributed by atoms with Gasteiger partial charge in [-0.2, -0.15) is 0 Å². The van der Waals surface area contributed by atoms with Crippen molar-refractivity contribution in [3.05, 3.63) is 160 Å². The predicted molar refractivity (Wildman–Crippen MR) is 203 cm³/mol. The molecule has 0 bridgehead atoms. The van der Waals surface area contributed by atoms with Crippen LogP contribution in [0.15, 0.2) is 138 Å². The molecule has 4 aromatic carbocycles. The summed E-state index contributed by atoms with van der Waals surface area (Å²) in [5.41, 5.74) is 7.04. The molecular formula is C42H40N2O4S. The van der Waals surface area contributed by atoms with Gasteiger partial charge in [-0.25, -0.2) is 0 Å². The number of benzene rings is 4. The second kappa shape index (κ2) is 16.1. The summed E-state index contributed by atoms with van der Waals surface area (Å²) >= 11 is 1.96. The van der Waals surface area contributed by atoms with Gasteiger partial charge in [-0.3, -0.25) is 4.99 Å². The lowest BCUT2D eigenvalue weighted by Gasteiger charge is -2.22. The number of nitrogens with one attached hydrogen (secondary N) is 1. The molecule has 6 rings (SSSR count). The van der Waals surface area contributed by atoms with Gasteiger partial charge in [0, 0.05) is 45.6 Å². The maximum atomic E-state index is 10.4. The van der Waals surface area contributed by atoms with Gasteiger partial charge in [0.1, 0.15) is 23.0 Å². The topological polar surface area (TPSA) is 105 Å². The zero-order valence-corrected chi connectivity index (χ0v) is 27.9. The maximum Gasteiger partial charge on any atom is 0.124 e. The number of phenolic OH excluding ortho intramolecular Hbond substituents is 4. The monoisotopic (exact) mass is 668 g/mol. The molecule has 0 spiro atoms. The van der Waals surface area contributed by atoms with Crippen LogP contribution in [0.1, 0.15) is 47.1 Å². The lowest BCUT2D eigenvalue weighted by atomic mass is 9.99. The largest absolute Gasteiger partial charge is 0.508 e. The number of rotatable bonds is 12. The molecule has 6 nitrogen and oxygen atoms in total. The number of aromatic hydroxyl groups is 4. The highest BCUT2D eigenvalue weighted by Gasteiger charge is 2.17. The van der Waals surface area contributed by atoms with Gasteiger partial charge in [-0.15, -0.1) is 11.8 Å². The Hall–Kier alpha value is -5.40. The van der Waals surface area contributed by atoms with E-state index in [1.54, 1.807) is 54.7 Å². The molecule has 0 amide bonds. The van der Waals surface area contributed by atoms with Gasteiger partial charge in [0.15, 0.2) is 0 Å². The second-order valence-electron chi connectivity index (χ2n) is 12.1. The van der Waals surface area contributed by atoms with Crippen LogP contribution < -0.4 is 5.32 Å². The molecule has 0 aliphatic heterocycles. The molecule has 0 heterocycles. The third-order valence-corrected chi connectivity index (χ3v) is 9.96. The van der Waals surface area contributed by atoms with E-state index in [0.717, 1.165) is 52.9 Å². The summed E-state index contributed by atoms with van der Waals surface area (Å²) in [6.07, 6.45) is 22.3. The molecular weight excluding hydrogens is 629 g/mol. The second-order valence-corrected chi connectivity index (χ2v) is 13.6. The molecule has 0 saturated heterocycles. The van der Waals surface area contributed by atoms with Crippen molar-refractivity contribution in [3.63, 3.8) is 0 Å². The summed E-state index contributed by atoms with van der Waals surface area (Å²) in [7, 11) is 0. The number of hydrogen-bond acceptors (Lipinski definition) is 7. The fourth-order valence-corrected chi connectivity index (χ4v) is 6.93. The van der Waals surface area contributed by atoms with Crippen molar-refractivity contribution in [2.75, 3.05) is 0 Å². The summed E-state index contributed by atoms with van der Waals surface area (Å²) in [5, 5.41) is 45.1. The summed E-state index contributed by atoms with van der Waals surface area (Å²) in [6.45, 7) is 0.505. The van der Waals surface area contributed by atoms with Gasteiger partial charge in [-0.1, -0.05) is 84.5 Å². The van der Waals surface area contributed by atoms with E-state index in [1.807, 2.05) is 60.3 Å². The normalized spacial score (nSPS) is 17.4. The number of nitrogens with zero attached hydrogens (tertiary/aromatic N) is 1. The van der Waals surface area contributed by atoms with E-state index >= 15 is 0 Å². The molecule has 2 atom stereocenters. The van der Waals surface area contributed by atoms with Gasteiger partial charge in [0.2, 0.25) is 0 Å². The highest BCUT2D eigenvalue weighted by atomic mass is 32.2. The van der Waals surface area contributed by atoms with Crippen LogP contribution in [0.3, 0.4) is 0 Å². The zero-order chi connectivity index (χ0) is 34.0. The summed E-state index contributed by atoms with van der Waals surface area (Å²) < 4.78 is 0. The first-order valence-corrected chi connectivity index (χ1v) is 17.4. The van der Waals surface area contributed by atoms with E-state index in [9.17, 15) is 20.4 Å². The van der Waals surface area contributed by atoms with Crippen molar-refractivity contribution < 1.29 is 20.4 Å². The van der Waals surface area contributed by atoms with Crippen molar-refractivity contribution >= 4 is 35.8 Å². The van der Waals surface area contributed by atoms with Crippen molar-refractivity contribution in [2.24, 2.45) is 4.99 Å². The molecule has 0 fully saturated rings. The van der Waals surface area contributed by atoms with Crippen LogP contribution in [0.2, 0.25) is 0 Å². The van der Waals surface area contributed by atoms with Crippen LogP contribution >= 0.6 is 11.8 Å². The Balaban J connectivity index is 0.947. The number of aryl methyl sites for hydroxylation is 1. The number of allylic oxidation sites excluding steroid dienone is 5. The lowest BCUT2D eigenvalue weighted by molar-refractivity contribution is 0.466. The van der Waals surface area contributed by atoms with Crippen LogP contribution in [-0.2, 0) is 13.0 Å². The minimum atomic E-state index is 0.183. The van der Waals surface area contributed by atoms with Crippen molar-refractivity contribution in [1.82, 2.24) is 5.32 Å². The highest BCUT2D eigenvalue weighted by molar-refractivity contribution is 8.00. The highest BCUT2D eigenvalue weighted by Crippen LogP contribution is 2.33. The smallest absolute Gasteiger partial charge is 0.124 e. The van der Waals surface area contributed by atoms with Gasteiger partial charge in [0.25, 0.3) is 0 Å². The molecule has 5 N–H and O–H groups in total. The first-order valence-electron chi connectivity index (χ1n) is 16.5. The fraction of sp³-hybridized carbons (Fsp3) is 0.167. The molecule has 4 aromatic rings. The third-order valence-electron chi connectivity index (χ3n) is 8.56. The average molecular weight is 669 g/mol. The van der Waals surface area contributed by atoms with Crippen molar-refractivity contribution in [1.29, 1.82) is 0 Å². The summed E-state index contributed by atoms with van der Waals surface area (Å²) in [4.78, 5) is 4.49. The van der Waals surface area contributed by atoms with Gasteiger partial charge in [0.05, 0.1) is 5.69 Å². The molecule has 49 heavy (non-hydrogen) atoms. The molecule has 248 valence electrons. The number of para-hydroxylation sites is 2. The van der Waals surface area contributed by atoms with Crippen LogP contribution in [0, 0.1) is 0 Å². The van der Waals surface area contributed by atoms with E-state index in [0.29, 0.717) is 29.0 Å². The van der Waals surface area contributed by atoms with Crippen molar-refractivity contribution in [3.8, 4) is 23.0 Å². The number of phenols is 4. The van der Waals surface area contributed by atoms with E-state index in [2.05, 4.69) is 46.8 Å². The van der Waals surface area contributed by atoms with E-state index in [1.165, 1.54) is 5.57 Å². The number of hydrogen-bond donors (Lipinski definition) is 5. The Morgan fingerprint density at radius 2 is 1.37 bits per heavy atom. The van der Waals surface area contributed by atoms with Crippen LogP contribution in [-0.4, -0.2) is 37.1 Å². The van der Waals surface area contributed by atoms with Crippen LogP contribution in [0.5, 0.6) is 23.0 Å². The third kappa shape index (κ3) is 9.36. The number of aliphatic imine (C=N–C) groups is 1. The molecule has 0 saturated carbocycles. The Kier molecular flexibility index (Phi) is 11.0. The first kappa shape index (κ1) is 33.5. The SMILES string of the molecule is Oc1ccccc1/C=C/c1ccc(O)c(CNC2=CCC(SC3C=CC(CCc4cc(/N=C/c5ccccc5O)ccc4O)=CC3)C=C2)c1.